The van der Waals surface area contributed by atoms with Crippen LogP contribution in [0.2, 0.25) is 5.02 Å². The maximum atomic E-state index is 13.7. The molecule has 1 unspecified atom stereocenters. The number of carbonyl (C=O) groups is 1. The van der Waals surface area contributed by atoms with Gasteiger partial charge >= 0.3 is 5.97 Å². The van der Waals surface area contributed by atoms with Gasteiger partial charge in [0.1, 0.15) is 6.33 Å². The van der Waals surface area contributed by atoms with Gasteiger partial charge in [-0.15, -0.1) is 5.10 Å². The fourth-order valence-corrected chi connectivity index (χ4v) is 5.74. The lowest BCUT2D eigenvalue weighted by atomic mass is 9.88. The van der Waals surface area contributed by atoms with Crippen LogP contribution in [-0.2, 0) is 32.7 Å². The van der Waals surface area contributed by atoms with E-state index in [1.54, 1.807) is 25.4 Å². The van der Waals surface area contributed by atoms with Gasteiger partial charge in [-0.2, -0.15) is 9.41 Å². The molecule has 0 fully saturated rings. The van der Waals surface area contributed by atoms with Crippen LogP contribution in [0, 0.1) is 5.21 Å². The fraction of sp³-hybridized carbons (Fsp3) is 0.241. The lowest BCUT2D eigenvalue weighted by molar-refractivity contribution is -0.619. The molecule has 0 spiro atoms. The van der Waals surface area contributed by atoms with Crippen molar-refractivity contribution in [2.45, 2.75) is 31.3 Å². The molecular formula is C29H25ClN6O4. The summed E-state index contributed by atoms with van der Waals surface area (Å²) in [6.07, 6.45) is 6.88. The second kappa shape index (κ2) is 10.3. The van der Waals surface area contributed by atoms with E-state index in [-0.39, 0.29) is 12.4 Å². The number of aromatic nitrogens is 5. The summed E-state index contributed by atoms with van der Waals surface area (Å²) in [6.45, 7) is 0. The number of aliphatic imine (C=N–C) groups is 1. The SMILES string of the molecule is COC(=O)Cc1ccc(C2=CN=C(C3(OC)CCc4cc(-c5cc(Cl)ccc5-n5cnnn5)c[n+]([O-])c43)C2)cc1. The summed E-state index contributed by atoms with van der Waals surface area (Å²) in [5.74, 6) is -0.281. The minimum absolute atomic E-state index is 0.221. The lowest BCUT2D eigenvalue weighted by Crippen LogP contribution is -2.46. The van der Waals surface area contributed by atoms with Crippen molar-refractivity contribution >= 4 is 28.9 Å². The van der Waals surface area contributed by atoms with E-state index in [0.29, 0.717) is 41.2 Å². The van der Waals surface area contributed by atoms with Crippen molar-refractivity contribution in [1.82, 2.24) is 20.2 Å². The molecule has 2 aromatic heterocycles. The predicted molar refractivity (Wildman–Crippen MR) is 148 cm³/mol. The molecule has 2 aliphatic rings. The van der Waals surface area contributed by atoms with Gasteiger partial charge in [0.2, 0.25) is 5.69 Å². The lowest BCUT2D eigenvalue weighted by Gasteiger charge is -2.27. The smallest absolute Gasteiger partial charge is 0.309 e. The highest BCUT2D eigenvalue weighted by molar-refractivity contribution is 6.31. The van der Waals surface area contributed by atoms with Crippen molar-refractivity contribution in [2.75, 3.05) is 14.2 Å². The Bertz CT molecular complexity index is 1670. The number of fused-ring (bicyclic) bond motifs is 1. The number of allylic oxidation sites excluding steroid dienone is 1. The van der Waals surface area contributed by atoms with Crippen molar-refractivity contribution in [1.29, 1.82) is 0 Å². The summed E-state index contributed by atoms with van der Waals surface area (Å²) in [6, 6.07) is 15.1. The normalized spacial score (nSPS) is 17.9. The number of pyridine rings is 1. The quantitative estimate of drug-likeness (QED) is 0.192. The number of hydrogen-bond donors (Lipinski definition) is 0. The molecule has 0 bridgehead atoms. The summed E-state index contributed by atoms with van der Waals surface area (Å²) in [4.78, 5) is 16.3. The minimum Gasteiger partial charge on any atom is -0.618 e. The summed E-state index contributed by atoms with van der Waals surface area (Å²) >= 11 is 6.33. The second-order valence-electron chi connectivity index (χ2n) is 9.73. The van der Waals surface area contributed by atoms with Crippen LogP contribution < -0.4 is 4.73 Å². The van der Waals surface area contributed by atoms with Gasteiger partial charge < -0.3 is 14.7 Å². The number of methoxy groups -OCH3 is 2. The molecule has 2 aromatic carbocycles. The molecular weight excluding hydrogens is 532 g/mol. The van der Waals surface area contributed by atoms with Gasteiger partial charge in [0.15, 0.2) is 11.8 Å². The van der Waals surface area contributed by atoms with Crippen molar-refractivity contribution < 1.29 is 19.0 Å². The average Bonchev–Trinajstić information content (AvgIpc) is 3.74. The van der Waals surface area contributed by atoms with E-state index >= 15 is 0 Å². The number of ether oxygens (including phenoxy) is 2. The number of esters is 1. The van der Waals surface area contributed by atoms with E-state index in [1.165, 1.54) is 18.1 Å². The Hall–Kier alpha value is -4.41. The van der Waals surface area contributed by atoms with E-state index < -0.39 is 5.60 Å². The van der Waals surface area contributed by atoms with E-state index in [1.807, 2.05) is 42.6 Å². The molecule has 1 aliphatic heterocycles. The molecule has 0 saturated carbocycles. The molecule has 11 heteroatoms. The van der Waals surface area contributed by atoms with Gasteiger partial charge in [0, 0.05) is 41.4 Å². The Morgan fingerprint density at radius 2 is 1.98 bits per heavy atom. The molecule has 202 valence electrons. The molecule has 1 aliphatic carbocycles. The number of rotatable bonds is 7. The van der Waals surface area contributed by atoms with Gasteiger partial charge in [-0.25, -0.2) is 0 Å². The van der Waals surface area contributed by atoms with E-state index in [9.17, 15) is 10.0 Å². The highest BCUT2D eigenvalue weighted by atomic mass is 35.5. The van der Waals surface area contributed by atoms with Crippen molar-refractivity contribution in [3.05, 3.63) is 99.9 Å². The molecule has 0 radical (unpaired) electrons. The Kier molecular flexibility index (Phi) is 6.65. The van der Waals surface area contributed by atoms with Crippen LogP contribution in [0.5, 0.6) is 0 Å². The van der Waals surface area contributed by atoms with Gasteiger partial charge in [0.25, 0.3) is 0 Å². The highest BCUT2D eigenvalue weighted by Gasteiger charge is 2.51. The Balaban J connectivity index is 1.30. The van der Waals surface area contributed by atoms with Gasteiger partial charge in [-0.05, 0) is 64.2 Å². The zero-order chi connectivity index (χ0) is 27.9. The van der Waals surface area contributed by atoms with Crippen molar-refractivity contribution in [3.8, 4) is 16.8 Å². The van der Waals surface area contributed by atoms with Crippen molar-refractivity contribution in [3.63, 3.8) is 0 Å². The first kappa shape index (κ1) is 25.8. The summed E-state index contributed by atoms with van der Waals surface area (Å²) in [5, 5.41) is 25.7. The van der Waals surface area contributed by atoms with Crippen LogP contribution in [0.3, 0.4) is 0 Å². The molecule has 6 rings (SSSR count). The fourth-order valence-electron chi connectivity index (χ4n) is 5.57. The van der Waals surface area contributed by atoms with Gasteiger partial charge in [-0.3, -0.25) is 9.79 Å². The molecule has 0 N–H and O–H groups in total. The molecule has 10 nitrogen and oxygen atoms in total. The van der Waals surface area contributed by atoms with E-state index in [0.717, 1.165) is 38.3 Å². The first-order valence-electron chi connectivity index (χ1n) is 12.7. The Morgan fingerprint density at radius 1 is 1.15 bits per heavy atom. The van der Waals surface area contributed by atoms with Crippen LogP contribution in [-0.4, -0.2) is 46.1 Å². The van der Waals surface area contributed by atoms with Crippen LogP contribution >= 0.6 is 11.6 Å². The third-order valence-electron chi connectivity index (χ3n) is 7.55. The third kappa shape index (κ3) is 4.44. The summed E-state index contributed by atoms with van der Waals surface area (Å²) in [5.41, 5.74) is 6.32. The molecule has 3 heterocycles. The van der Waals surface area contributed by atoms with E-state index in [4.69, 9.17) is 26.1 Å². The minimum atomic E-state index is -0.939. The number of carbonyl (C=O) groups excluding carboxylic acids is 1. The Morgan fingerprint density at radius 3 is 2.70 bits per heavy atom. The van der Waals surface area contributed by atoms with Crippen LogP contribution in [0.25, 0.3) is 22.4 Å². The summed E-state index contributed by atoms with van der Waals surface area (Å²) < 4.78 is 13.3. The van der Waals surface area contributed by atoms with Gasteiger partial charge in [0.05, 0.1) is 24.9 Å². The molecule has 40 heavy (non-hydrogen) atoms. The predicted octanol–water partition coefficient (Wildman–Crippen LogP) is 4.01. The van der Waals surface area contributed by atoms with Crippen LogP contribution in [0.1, 0.15) is 35.2 Å². The highest BCUT2D eigenvalue weighted by Crippen LogP contribution is 2.44. The topological polar surface area (TPSA) is 118 Å². The standard InChI is InChI=1S/C29H25ClN6O4/c1-39-27(37)11-18-3-5-19(6-4-18)21-13-26(31-15-21)29(40-2)10-9-20-12-22(16-36(38)28(20)29)24-14-23(30)7-8-25(24)35-17-32-33-34-35/h3-8,12,14-17H,9-11,13H2,1-2H3. The maximum absolute atomic E-state index is 13.7. The molecule has 0 amide bonds. The number of hydrogen-bond acceptors (Lipinski definition) is 8. The van der Waals surface area contributed by atoms with Gasteiger partial charge in [-0.1, -0.05) is 35.9 Å². The maximum Gasteiger partial charge on any atom is 0.309 e. The van der Waals surface area contributed by atoms with E-state index in [2.05, 4.69) is 15.5 Å². The zero-order valence-electron chi connectivity index (χ0n) is 21.9. The number of benzene rings is 2. The first-order chi connectivity index (χ1) is 19.4. The summed E-state index contributed by atoms with van der Waals surface area (Å²) in [7, 11) is 3.00. The number of halogens is 1. The monoisotopic (exact) mass is 556 g/mol. The number of tetrazole rings is 1. The molecule has 0 saturated heterocycles. The van der Waals surface area contributed by atoms with Crippen LogP contribution in [0.15, 0.2) is 72.2 Å². The number of aryl methyl sites for hydroxylation is 1. The Labute approximate surface area is 235 Å². The van der Waals surface area contributed by atoms with Crippen molar-refractivity contribution in [2.24, 2.45) is 4.99 Å². The first-order valence-corrected chi connectivity index (χ1v) is 13.1. The largest absolute Gasteiger partial charge is 0.618 e. The number of nitrogens with zero attached hydrogens (tertiary/aromatic N) is 6. The zero-order valence-corrected chi connectivity index (χ0v) is 22.6. The molecule has 1 atom stereocenters. The second-order valence-corrected chi connectivity index (χ2v) is 10.2. The average molecular weight is 557 g/mol. The third-order valence-corrected chi connectivity index (χ3v) is 7.79. The molecule has 4 aromatic rings. The van der Waals surface area contributed by atoms with Crippen LogP contribution in [0.4, 0.5) is 0 Å².